The fourth-order valence-electron chi connectivity index (χ4n) is 2.11. The summed E-state index contributed by atoms with van der Waals surface area (Å²) in [5, 5.41) is 3.57. The van der Waals surface area contributed by atoms with Gasteiger partial charge in [0.05, 0.1) is 16.7 Å². The molecule has 0 saturated heterocycles. The topological polar surface area (TPSA) is 93.7 Å². The summed E-state index contributed by atoms with van der Waals surface area (Å²) in [6.07, 6.45) is 3.14. The lowest BCUT2D eigenvalue weighted by atomic mass is 10.1. The van der Waals surface area contributed by atoms with Crippen molar-refractivity contribution >= 4 is 34.5 Å². The van der Waals surface area contributed by atoms with Gasteiger partial charge < -0.3 is 9.54 Å². The second-order valence-electron chi connectivity index (χ2n) is 6.63. The average Bonchev–Trinajstić information content (AvgIpc) is 2.96. The lowest BCUT2D eigenvalue weighted by Gasteiger charge is -2.27. The molecule has 0 amide bonds. The largest absolute Gasteiger partial charge is 0.598 e. The van der Waals surface area contributed by atoms with Crippen LogP contribution in [0.15, 0.2) is 21.4 Å². The van der Waals surface area contributed by atoms with Crippen LogP contribution in [0.3, 0.4) is 0 Å². The first-order chi connectivity index (χ1) is 11.7. The van der Waals surface area contributed by atoms with E-state index in [2.05, 4.69) is 19.7 Å². The van der Waals surface area contributed by atoms with Crippen molar-refractivity contribution in [2.24, 2.45) is 0 Å². The average molecular weight is 401 g/mol. The van der Waals surface area contributed by atoms with Gasteiger partial charge in [-0.25, -0.2) is 9.97 Å². The molecule has 0 bridgehead atoms. The highest BCUT2D eigenvalue weighted by Crippen LogP contribution is 2.25. The number of H-pyrrole nitrogens is 1. The Morgan fingerprint density at radius 3 is 2.72 bits per heavy atom. The fraction of sp³-hybridized carbons (Fsp3) is 0.562. The van der Waals surface area contributed by atoms with E-state index in [4.69, 9.17) is 0 Å². The van der Waals surface area contributed by atoms with Crippen LogP contribution in [0, 0.1) is 6.92 Å². The number of thioether (sulfide) groups is 1. The van der Waals surface area contributed by atoms with Crippen LogP contribution in [0.4, 0.5) is 0 Å². The number of aromatic nitrogens is 3. The van der Waals surface area contributed by atoms with E-state index in [-0.39, 0.29) is 16.3 Å². The van der Waals surface area contributed by atoms with Crippen LogP contribution < -0.4 is 10.3 Å². The van der Waals surface area contributed by atoms with Crippen molar-refractivity contribution in [3.8, 4) is 0 Å². The van der Waals surface area contributed by atoms with Crippen molar-refractivity contribution in [2.45, 2.75) is 56.5 Å². The fourth-order valence-corrected chi connectivity index (χ4v) is 4.04. The molecule has 0 aliphatic heterocycles. The summed E-state index contributed by atoms with van der Waals surface area (Å²) < 4.78 is 15.4. The summed E-state index contributed by atoms with van der Waals surface area (Å²) >= 11 is 1.77. The molecule has 0 spiro atoms. The Hall–Kier alpha value is -0.870. The molecule has 0 radical (unpaired) electrons. The molecule has 0 aliphatic carbocycles. The molecule has 25 heavy (non-hydrogen) atoms. The van der Waals surface area contributed by atoms with E-state index in [1.54, 1.807) is 11.3 Å². The Labute approximate surface area is 159 Å². The lowest BCUT2D eigenvalue weighted by molar-refractivity contribution is 0.506. The van der Waals surface area contributed by atoms with Crippen LogP contribution in [-0.2, 0) is 17.8 Å². The summed E-state index contributed by atoms with van der Waals surface area (Å²) in [6.45, 7) is 7.75. The smallest absolute Gasteiger partial charge is 0.251 e. The highest BCUT2D eigenvalue weighted by Gasteiger charge is 2.30. The number of hydrogen-bond acceptors (Lipinski definition) is 7. The highest BCUT2D eigenvalue weighted by atomic mass is 32.2. The number of rotatable bonds is 7. The molecule has 0 aromatic carbocycles. The molecular weight excluding hydrogens is 376 g/mol. The molecule has 2 rings (SSSR count). The molecule has 2 N–H and O–H groups in total. The predicted octanol–water partition coefficient (Wildman–Crippen LogP) is 2.98. The Morgan fingerprint density at radius 1 is 1.44 bits per heavy atom. The van der Waals surface area contributed by atoms with E-state index in [0.29, 0.717) is 18.0 Å². The van der Waals surface area contributed by atoms with Crippen LogP contribution in [0.25, 0.3) is 0 Å². The van der Waals surface area contributed by atoms with Gasteiger partial charge in [0.25, 0.3) is 5.56 Å². The molecule has 2 atom stereocenters. The Balaban J connectivity index is 2.16. The maximum Gasteiger partial charge on any atom is 0.251 e. The van der Waals surface area contributed by atoms with Gasteiger partial charge in [0.1, 0.15) is 4.75 Å². The molecule has 2 aromatic heterocycles. The zero-order valence-corrected chi connectivity index (χ0v) is 17.5. The summed E-state index contributed by atoms with van der Waals surface area (Å²) in [4.78, 5) is 23.4. The van der Waals surface area contributed by atoms with Crippen molar-refractivity contribution in [3.63, 3.8) is 0 Å². The van der Waals surface area contributed by atoms with Crippen molar-refractivity contribution in [2.75, 3.05) is 6.26 Å². The van der Waals surface area contributed by atoms with Gasteiger partial charge in [-0.15, -0.1) is 16.1 Å². The normalized spacial score (nSPS) is 14.5. The van der Waals surface area contributed by atoms with E-state index < -0.39 is 11.4 Å². The maximum atomic E-state index is 12.5. The maximum absolute atomic E-state index is 12.5. The van der Waals surface area contributed by atoms with Crippen molar-refractivity contribution < 1.29 is 4.55 Å². The number of aromatic amines is 1. The second-order valence-corrected chi connectivity index (χ2v) is 10.5. The molecule has 2 heterocycles. The molecule has 9 heteroatoms. The van der Waals surface area contributed by atoms with E-state index in [1.807, 2.05) is 39.3 Å². The quantitative estimate of drug-likeness (QED) is 0.422. The predicted molar refractivity (Wildman–Crippen MR) is 106 cm³/mol. The summed E-state index contributed by atoms with van der Waals surface area (Å²) in [7, 11) is 0. The first kappa shape index (κ1) is 20.4. The third-order valence-corrected chi connectivity index (χ3v) is 6.44. The summed E-state index contributed by atoms with van der Waals surface area (Å²) in [5.74, 6) is 0. The van der Waals surface area contributed by atoms with Crippen LogP contribution >= 0.6 is 23.1 Å². The Kier molecular flexibility index (Phi) is 7.10. The Bertz CT molecular complexity index is 754. The van der Waals surface area contributed by atoms with Gasteiger partial charge in [0.15, 0.2) is 5.16 Å². The van der Waals surface area contributed by atoms with E-state index in [9.17, 15) is 9.35 Å². The van der Waals surface area contributed by atoms with Gasteiger partial charge in [0, 0.05) is 28.5 Å². The molecule has 0 fully saturated rings. The van der Waals surface area contributed by atoms with Crippen LogP contribution in [0.5, 0.6) is 0 Å². The van der Waals surface area contributed by atoms with E-state index in [0.717, 1.165) is 16.4 Å². The third-order valence-electron chi connectivity index (χ3n) is 3.45. The molecular formula is C16H24N4O2S3. The number of hydrogen-bond donors (Lipinski definition) is 2. The van der Waals surface area contributed by atoms with Gasteiger partial charge >= 0.3 is 0 Å². The molecule has 0 saturated carbocycles. The number of aryl methyl sites for hydroxylation is 2. The molecule has 2 aromatic rings. The summed E-state index contributed by atoms with van der Waals surface area (Å²) in [5.41, 5.74) is 1.46. The van der Waals surface area contributed by atoms with Crippen LogP contribution in [0.1, 0.15) is 49.6 Å². The van der Waals surface area contributed by atoms with Gasteiger partial charge in [-0.3, -0.25) is 4.79 Å². The zero-order chi connectivity index (χ0) is 18.6. The first-order valence-electron chi connectivity index (χ1n) is 7.93. The van der Waals surface area contributed by atoms with Gasteiger partial charge in [-0.2, -0.15) is 0 Å². The van der Waals surface area contributed by atoms with E-state index in [1.165, 1.54) is 17.8 Å². The van der Waals surface area contributed by atoms with Gasteiger partial charge in [-0.05, 0) is 46.8 Å². The molecule has 1 unspecified atom stereocenters. The standard InChI is InChI=1S/C16H24N4O2S3/c1-10-17-13(9-24-10)12(20-25(22)16(2,3)4)7-6-11-8-14(21)19-15(18-11)23-5/h8-9,12,20H,6-7H2,1-5H3,(H,18,19,21)/t12-,25?/m0/s1. The van der Waals surface area contributed by atoms with Crippen LogP contribution in [-0.4, -0.2) is 30.5 Å². The highest BCUT2D eigenvalue weighted by molar-refractivity contribution is 7.98. The van der Waals surface area contributed by atoms with Crippen LogP contribution in [0.2, 0.25) is 0 Å². The summed E-state index contributed by atoms with van der Waals surface area (Å²) in [6, 6.07) is 1.37. The minimum atomic E-state index is -1.20. The number of nitrogens with one attached hydrogen (secondary N) is 2. The third kappa shape index (κ3) is 6.10. The van der Waals surface area contributed by atoms with Gasteiger partial charge in [0.2, 0.25) is 0 Å². The van der Waals surface area contributed by atoms with Crippen molar-refractivity contribution in [1.82, 2.24) is 19.7 Å². The lowest BCUT2D eigenvalue weighted by Crippen LogP contribution is -2.41. The number of thiazole rings is 1. The monoisotopic (exact) mass is 400 g/mol. The van der Waals surface area contributed by atoms with Gasteiger partial charge in [-0.1, -0.05) is 11.8 Å². The minimum Gasteiger partial charge on any atom is -0.598 e. The van der Waals surface area contributed by atoms with E-state index >= 15 is 0 Å². The SMILES string of the molecule is CSc1nc(CC[C@H](N[S+]([O-])C(C)(C)C)c2csc(C)n2)cc(=O)[nH]1. The molecule has 6 nitrogen and oxygen atoms in total. The first-order valence-corrected chi connectivity index (χ1v) is 11.2. The van der Waals surface area contributed by atoms with Crippen molar-refractivity contribution in [1.29, 1.82) is 0 Å². The molecule has 0 aliphatic rings. The van der Waals surface area contributed by atoms with Crippen molar-refractivity contribution in [3.05, 3.63) is 38.2 Å². The second kappa shape index (κ2) is 8.68. The zero-order valence-electron chi connectivity index (χ0n) is 15.1. The Morgan fingerprint density at radius 2 is 2.16 bits per heavy atom. The molecule has 138 valence electrons. The number of nitrogens with zero attached hydrogens (tertiary/aromatic N) is 2. The minimum absolute atomic E-state index is 0.149.